The fraction of sp³-hybridized carbons (Fsp3) is 0.643. The van der Waals surface area contributed by atoms with Gasteiger partial charge in [-0.3, -0.25) is 4.79 Å². The Kier molecular flexibility index (Phi) is 8.52. The van der Waals surface area contributed by atoms with Gasteiger partial charge in [-0.05, 0) is 43.4 Å². The molecule has 0 radical (unpaired) electrons. The third-order valence-electron chi connectivity index (χ3n) is 3.62. The number of halogens is 1. The van der Waals surface area contributed by atoms with Gasteiger partial charge in [-0.1, -0.05) is 0 Å². The Hall–Kier alpha value is -1.05. The van der Waals surface area contributed by atoms with Crippen LogP contribution in [0.3, 0.4) is 0 Å². The maximum Gasteiger partial charge on any atom is 0.237 e. The highest BCUT2D eigenvalue weighted by Crippen LogP contribution is 2.16. The van der Waals surface area contributed by atoms with Gasteiger partial charge in [0, 0.05) is 25.3 Å². The van der Waals surface area contributed by atoms with Crippen molar-refractivity contribution < 1.29 is 4.79 Å². The van der Waals surface area contributed by atoms with Gasteiger partial charge < -0.3 is 16.0 Å². The number of nitrogens with two attached hydrogens (primary N) is 1. The predicted molar refractivity (Wildman–Crippen MR) is 93.6 cm³/mol. The van der Waals surface area contributed by atoms with Gasteiger partial charge in [-0.2, -0.15) is 16.9 Å². The Balaban J connectivity index is 0.00000242. The van der Waals surface area contributed by atoms with Crippen LogP contribution in [0.2, 0.25) is 0 Å². The molecule has 1 aliphatic heterocycles. The lowest BCUT2D eigenvalue weighted by molar-refractivity contribution is -0.123. The molecule has 6 nitrogen and oxygen atoms in total. The van der Waals surface area contributed by atoms with Crippen molar-refractivity contribution in [1.82, 2.24) is 15.5 Å². The molecule has 1 aromatic heterocycles. The fourth-order valence-corrected chi connectivity index (χ4v) is 2.94. The zero-order chi connectivity index (χ0) is 15.1. The van der Waals surface area contributed by atoms with Crippen molar-refractivity contribution in [1.29, 1.82) is 0 Å². The molecule has 0 spiro atoms. The predicted octanol–water partition coefficient (Wildman–Crippen LogP) is 1.06. The minimum absolute atomic E-state index is 0. The summed E-state index contributed by atoms with van der Waals surface area (Å²) in [6.45, 7) is 1.71. The third-order valence-corrected chi connectivity index (χ3v) is 4.26. The van der Waals surface area contributed by atoms with Crippen LogP contribution in [-0.2, 0) is 4.79 Å². The maximum absolute atomic E-state index is 12.1. The van der Waals surface area contributed by atoms with Crippen molar-refractivity contribution >= 4 is 35.9 Å². The second-order valence-electron chi connectivity index (χ2n) is 5.26. The van der Waals surface area contributed by atoms with E-state index >= 15 is 0 Å². The molecule has 1 saturated heterocycles. The number of anilines is 1. The summed E-state index contributed by atoms with van der Waals surface area (Å²) >= 11 is 1.71. The Morgan fingerprint density at radius 1 is 1.64 bits per heavy atom. The number of aromatic nitrogens is 2. The molecule has 124 valence electrons. The number of nitrogens with one attached hydrogen (secondary N) is 1. The van der Waals surface area contributed by atoms with Crippen LogP contribution < -0.4 is 16.0 Å². The molecule has 2 unspecified atom stereocenters. The zero-order valence-corrected chi connectivity index (χ0v) is 14.4. The van der Waals surface area contributed by atoms with Gasteiger partial charge in [0.2, 0.25) is 5.91 Å². The van der Waals surface area contributed by atoms with Crippen LogP contribution in [0.15, 0.2) is 18.3 Å². The van der Waals surface area contributed by atoms with E-state index in [-0.39, 0.29) is 24.4 Å². The number of rotatable bonds is 6. The largest absolute Gasteiger partial charge is 0.353 e. The molecule has 2 rings (SSSR count). The standard InChI is InChI=1S/C14H23N5OS.ClH/c1-21-9-6-12(15)14(20)17-11-4-3-8-19(10-11)13-5-2-7-16-18-13;/h2,5,7,11-12H,3-4,6,8-10,15H2,1H3,(H,17,20);1H. The lowest BCUT2D eigenvalue weighted by atomic mass is 10.0. The van der Waals surface area contributed by atoms with Crippen molar-refractivity contribution in [2.24, 2.45) is 5.73 Å². The number of carbonyl (C=O) groups excluding carboxylic acids is 1. The topological polar surface area (TPSA) is 84.1 Å². The maximum atomic E-state index is 12.1. The van der Waals surface area contributed by atoms with Crippen molar-refractivity contribution in [2.75, 3.05) is 30.0 Å². The van der Waals surface area contributed by atoms with E-state index in [0.29, 0.717) is 6.42 Å². The molecule has 8 heteroatoms. The lowest BCUT2D eigenvalue weighted by Crippen LogP contribution is -2.52. The Morgan fingerprint density at radius 2 is 2.45 bits per heavy atom. The molecule has 2 atom stereocenters. The average Bonchev–Trinajstić information content (AvgIpc) is 2.53. The Bertz CT molecular complexity index is 450. The number of thioether (sulfide) groups is 1. The molecule has 22 heavy (non-hydrogen) atoms. The van der Waals surface area contributed by atoms with Crippen LogP contribution in [0, 0.1) is 0 Å². The Morgan fingerprint density at radius 3 is 3.14 bits per heavy atom. The number of hydrogen-bond acceptors (Lipinski definition) is 6. The van der Waals surface area contributed by atoms with Gasteiger partial charge in [0.1, 0.15) is 0 Å². The Labute approximate surface area is 142 Å². The summed E-state index contributed by atoms with van der Waals surface area (Å²) in [5, 5.41) is 11.1. The monoisotopic (exact) mass is 345 g/mol. The quantitative estimate of drug-likeness (QED) is 0.802. The fourth-order valence-electron chi connectivity index (χ4n) is 2.45. The summed E-state index contributed by atoms with van der Waals surface area (Å²) in [6.07, 6.45) is 6.41. The van der Waals surface area contributed by atoms with E-state index in [2.05, 4.69) is 20.4 Å². The molecule has 1 aromatic rings. The minimum atomic E-state index is -0.413. The molecule has 1 fully saturated rings. The van der Waals surface area contributed by atoms with Gasteiger partial charge in [-0.15, -0.1) is 17.5 Å². The average molecular weight is 346 g/mol. The summed E-state index contributed by atoms with van der Waals surface area (Å²) < 4.78 is 0. The van der Waals surface area contributed by atoms with Crippen LogP contribution >= 0.6 is 24.2 Å². The highest BCUT2D eigenvalue weighted by molar-refractivity contribution is 7.98. The summed E-state index contributed by atoms with van der Waals surface area (Å²) in [5.74, 6) is 1.73. The summed E-state index contributed by atoms with van der Waals surface area (Å²) in [5.41, 5.74) is 5.90. The first-order valence-corrected chi connectivity index (χ1v) is 8.67. The van der Waals surface area contributed by atoms with E-state index in [1.807, 2.05) is 18.4 Å². The van der Waals surface area contributed by atoms with E-state index in [9.17, 15) is 4.79 Å². The molecule has 0 bridgehead atoms. The molecule has 3 N–H and O–H groups in total. The van der Waals surface area contributed by atoms with Gasteiger partial charge >= 0.3 is 0 Å². The van der Waals surface area contributed by atoms with Crippen molar-refractivity contribution in [3.8, 4) is 0 Å². The van der Waals surface area contributed by atoms with Crippen LogP contribution in [0.1, 0.15) is 19.3 Å². The molecule has 1 aliphatic rings. The number of piperidine rings is 1. The number of amides is 1. The highest BCUT2D eigenvalue weighted by Gasteiger charge is 2.24. The van der Waals surface area contributed by atoms with Gasteiger partial charge in [0.05, 0.1) is 6.04 Å². The molecule has 1 amide bonds. The van der Waals surface area contributed by atoms with Crippen LogP contribution in [0.5, 0.6) is 0 Å². The zero-order valence-electron chi connectivity index (χ0n) is 12.8. The molecule has 2 heterocycles. The summed E-state index contributed by atoms with van der Waals surface area (Å²) in [4.78, 5) is 14.2. The molecular formula is C14H24ClN5OS. The van der Waals surface area contributed by atoms with Crippen LogP contribution in [-0.4, -0.2) is 53.3 Å². The van der Waals surface area contributed by atoms with Crippen molar-refractivity contribution in [3.63, 3.8) is 0 Å². The van der Waals surface area contributed by atoms with E-state index in [1.165, 1.54) is 0 Å². The van der Waals surface area contributed by atoms with E-state index in [0.717, 1.165) is 37.5 Å². The van der Waals surface area contributed by atoms with Gasteiger partial charge in [0.15, 0.2) is 5.82 Å². The molecule has 0 aromatic carbocycles. The normalized spacial score (nSPS) is 19.2. The molecule has 0 saturated carbocycles. The van der Waals surface area contributed by atoms with Crippen LogP contribution in [0.25, 0.3) is 0 Å². The number of carbonyl (C=O) groups is 1. The second-order valence-corrected chi connectivity index (χ2v) is 6.25. The van der Waals surface area contributed by atoms with E-state index in [4.69, 9.17) is 5.73 Å². The third kappa shape index (κ3) is 5.62. The van der Waals surface area contributed by atoms with Crippen molar-refractivity contribution in [3.05, 3.63) is 18.3 Å². The first-order chi connectivity index (χ1) is 10.2. The first-order valence-electron chi connectivity index (χ1n) is 7.28. The lowest BCUT2D eigenvalue weighted by Gasteiger charge is -2.34. The van der Waals surface area contributed by atoms with E-state index < -0.39 is 6.04 Å². The number of hydrogen-bond donors (Lipinski definition) is 2. The van der Waals surface area contributed by atoms with Gasteiger partial charge in [0.25, 0.3) is 0 Å². The molecule has 0 aliphatic carbocycles. The van der Waals surface area contributed by atoms with Crippen LogP contribution in [0.4, 0.5) is 5.82 Å². The first kappa shape index (κ1) is 19.0. The summed E-state index contributed by atoms with van der Waals surface area (Å²) in [6, 6.07) is 3.54. The van der Waals surface area contributed by atoms with E-state index in [1.54, 1.807) is 18.0 Å². The minimum Gasteiger partial charge on any atom is -0.353 e. The SMILES string of the molecule is CSCCC(N)C(=O)NC1CCCN(c2cccnn2)C1.Cl. The molecular weight excluding hydrogens is 322 g/mol. The second kappa shape index (κ2) is 9.86. The number of nitrogens with zero attached hydrogens (tertiary/aromatic N) is 3. The smallest absolute Gasteiger partial charge is 0.237 e. The van der Waals surface area contributed by atoms with Crippen molar-refractivity contribution in [2.45, 2.75) is 31.3 Å². The van der Waals surface area contributed by atoms with Gasteiger partial charge in [-0.25, -0.2) is 0 Å². The summed E-state index contributed by atoms with van der Waals surface area (Å²) in [7, 11) is 0. The highest BCUT2D eigenvalue weighted by atomic mass is 35.5.